The van der Waals surface area contributed by atoms with E-state index in [1.807, 2.05) is 0 Å². The lowest BCUT2D eigenvalue weighted by Crippen LogP contribution is -2.70. The fraction of sp³-hybridized carbons (Fsp3) is 0.955. The van der Waals surface area contributed by atoms with Crippen molar-refractivity contribution in [2.24, 2.45) is 11.8 Å². The Bertz CT molecular complexity index is 889. The summed E-state index contributed by atoms with van der Waals surface area (Å²) in [5, 5.41) is 8.05. The largest absolute Gasteiger partial charge is 0.408 e. The number of hydrogen-bond acceptors (Lipinski definition) is 7. The minimum Gasteiger partial charge on any atom is -0.344 e. The topological polar surface area (TPSA) is 93.8 Å². The average molecular weight is 542 g/mol. The molecule has 0 spiro atoms. The average Bonchev–Trinajstić information content (AvgIpc) is 3.16. The van der Waals surface area contributed by atoms with Crippen LogP contribution in [0.15, 0.2) is 0 Å². The SMILES string of the molecule is O=C(CC1CS(=O)(=O)C1)N[C@@H](C1CCC(N2CCCC3C2CNC2CC(Cl)NN23)CC1)C(F)(F)F. The first-order valence-corrected chi connectivity index (χ1v) is 15.0. The molecule has 4 aliphatic heterocycles. The first-order chi connectivity index (χ1) is 16.5. The summed E-state index contributed by atoms with van der Waals surface area (Å²) in [6.07, 6.45) is 0.662. The minimum atomic E-state index is -4.53. The van der Waals surface area contributed by atoms with Crippen molar-refractivity contribution >= 4 is 27.3 Å². The molecule has 13 heteroatoms. The van der Waals surface area contributed by atoms with E-state index in [0.717, 1.165) is 32.4 Å². The molecule has 0 aromatic carbocycles. The maximum atomic E-state index is 13.9. The zero-order valence-electron chi connectivity index (χ0n) is 19.6. The van der Waals surface area contributed by atoms with Crippen LogP contribution >= 0.6 is 11.6 Å². The first kappa shape index (κ1) is 26.0. The van der Waals surface area contributed by atoms with Gasteiger partial charge in [-0.15, -0.1) is 11.6 Å². The zero-order valence-corrected chi connectivity index (χ0v) is 21.2. The number of piperidine rings is 1. The molecule has 5 atom stereocenters. The second-order valence-corrected chi connectivity index (χ2v) is 13.7. The second kappa shape index (κ2) is 9.90. The third-order valence-corrected chi connectivity index (χ3v) is 10.8. The van der Waals surface area contributed by atoms with Crippen molar-refractivity contribution in [1.29, 1.82) is 0 Å². The highest BCUT2D eigenvalue weighted by Crippen LogP contribution is 2.39. The molecule has 8 nitrogen and oxygen atoms in total. The first-order valence-electron chi connectivity index (χ1n) is 12.7. The van der Waals surface area contributed by atoms with Crippen molar-refractivity contribution in [3.8, 4) is 0 Å². The van der Waals surface area contributed by atoms with E-state index >= 15 is 0 Å². The van der Waals surface area contributed by atoms with Gasteiger partial charge in [0.05, 0.1) is 23.2 Å². The lowest BCUT2D eigenvalue weighted by molar-refractivity contribution is -0.176. The molecule has 5 fully saturated rings. The Labute approximate surface area is 209 Å². The van der Waals surface area contributed by atoms with Gasteiger partial charge in [-0.2, -0.15) is 13.2 Å². The predicted octanol–water partition coefficient (Wildman–Crippen LogP) is 1.56. The van der Waals surface area contributed by atoms with Crippen LogP contribution in [-0.4, -0.2) is 90.8 Å². The predicted molar refractivity (Wildman–Crippen MR) is 125 cm³/mol. The van der Waals surface area contributed by atoms with Crippen molar-refractivity contribution in [3.63, 3.8) is 0 Å². The van der Waals surface area contributed by atoms with Crippen LogP contribution in [0.1, 0.15) is 51.4 Å². The number of hydrazine groups is 1. The summed E-state index contributed by atoms with van der Waals surface area (Å²) >= 11 is 6.32. The van der Waals surface area contributed by atoms with Crippen molar-refractivity contribution in [1.82, 2.24) is 26.0 Å². The van der Waals surface area contributed by atoms with Crippen LogP contribution in [-0.2, 0) is 14.6 Å². The maximum absolute atomic E-state index is 13.9. The Hall–Kier alpha value is -0.660. The molecule has 1 amide bonds. The summed E-state index contributed by atoms with van der Waals surface area (Å²) in [7, 11) is -3.11. The van der Waals surface area contributed by atoms with Crippen molar-refractivity contribution in [2.75, 3.05) is 24.6 Å². The van der Waals surface area contributed by atoms with Crippen molar-refractivity contribution < 1.29 is 26.4 Å². The Morgan fingerprint density at radius 2 is 1.83 bits per heavy atom. The number of rotatable bonds is 5. The number of likely N-dealkylation sites (tertiary alicyclic amines) is 1. The molecule has 0 aromatic heterocycles. The van der Waals surface area contributed by atoms with Gasteiger partial charge in [-0.3, -0.25) is 15.0 Å². The fourth-order valence-electron chi connectivity index (χ4n) is 6.99. The molecule has 4 unspecified atom stereocenters. The van der Waals surface area contributed by atoms with Gasteiger partial charge >= 0.3 is 6.18 Å². The summed E-state index contributed by atoms with van der Waals surface area (Å²) in [6.45, 7) is 1.81. The van der Waals surface area contributed by atoms with Gasteiger partial charge in [0, 0.05) is 37.5 Å². The highest BCUT2D eigenvalue weighted by molar-refractivity contribution is 7.92. The van der Waals surface area contributed by atoms with Gasteiger partial charge in [-0.05, 0) is 56.9 Å². The van der Waals surface area contributed by atoms with Gasteiger partial charge in [-0.25, -0.2) is 18.9 Å². The normalized spacial score (nSPS) is 39.3. The summed E-state index contributed by atoms with van der Waals surface area (Å²) in [6, 6.07) is -1.01. The highest BCUT2D eigenvalue weighted by Gasteiger charge is 2.50. The molecule has 1 saturated carbocycles. The molecule has 0 bridgehead atoms. The maximum Gasteiger partial charge on any atom is 0.408 e. The number of halogens is 4. The Morgan fingerprint density at radius 3 is 2.49 bits per heavy atom. The monoisotopic (exact) mass is 541 g/mol. The molecule has 5 rings (SSSR count). The Balaban J connectivity index is 1.17. The number of nitrogens with one attached hydrogen (secondary N) is 3. The van der Waals surface area contributed by atoms with E-state index in [9.17, 15) is 26.4 Å². The van der Waals surface area contributed by atoms with Crippen LogP contribution in [0.2, 0.25) is 0 Å². The van der Waals surface area contributed by atoms with Crippen LogP contribution in [0.25, 0.3) is 0 Å². The Kier molecular flexibility index (Phi) is 7.35. The lowest BCUT2D eigenvalue weighted by atomic mass is 9.79. The summed E-state index contributed by atoms with van der Waals surface area (Å²) < 4.78 is 64.3. The van der Waals surface area contributed by atoms with E-state index in [1.54, 1.807) is 0 Å². The molecule has 0 aromatic rings. The molecule has 35 heavy (non-hydrogen) atoms. The van der Waals surface area contributed by atoms with Crippen LogP contribution in [0.3, 0.4) is 0 Å². The van der Waals surface area contributed by atoms with Crippen LogP contribution < -0.4 is 16.1 Å². The fourth-order valence-corrected chi connectivity index (χ4v) is 8.84. The molecular weight excluding hydrogens is 507 g/mol. The zero-order chi connectivity index (χ0) is 25.0. The standard InChI is InChI=1S/C22H35ClF3N5O3S/c23-18-9-19-27-10-17-16(31(19)29-18)2-1-7-30(17)15-5-3-14(4-6-15)21(22(24,25)26)28-20(32)8-13-11-35(33,34)12-13/h13-19,21,27,29H,1-12H2,(H,28,32)/t14?,15?,16?,17?,18?,19?,21-/m0/s1. The van der Waals surface area contributed by atoms with E-state index in [2.05, 4.69) is 26.0 Å². The van der Waals surface area contributed by atoms with Gasteiger partial charge in [0.15, 0.2) is 9.84 Å². The number of carbonyl (C=O) groups excluding carboxylic acids is 1. The van der Waals surface area contributed by atoms with Crippen molar-refractivity contribution in [2.45, 2.75) is 93.4 Å². The summed E-state index contributed by atoms with van der Waals surface area (Å²) in [4.78, 5) is 14.8. The quantitative estimate of drug-likeness (QED) is 0.359. The van der Waals surface area contributed by atoms with Gasteiger partial charge < -0.3 is 5.32 Å². The van der Waals surface area contributed by atoms with E-state index in [-0.39, 0.29) is 41.6 Å². The summed E-state index contributed by atoms with van der Waals surface area (Å²) in [5.74, 6) is -1.97. The Morgan fingerprint density at radius 1 is 1.11 bits per heavy atom. The molecule has 200 valence electrons. The molecule has 1 aliphatic carbocycles. The number of fused-ring (bicyclic) bond motifs is 3. The van der Waals surface area contributed by atoms with Gasteiger partial charge in [0.25, 0.3) is 0 Å². The van der Waals surface area contributed by atoms with Crippen LogP contribution in [0, 0.1) is 11.8 Å². The van der Waals surface area contributed by atoms with Crippen molar-refractivity contribution in [3.05, 3.63) is 0 Å². The second-order valence-electron chi connectivity index (χ2n) is 11.0. The van der Waals surface area contributed by atoms with E-state index in [1.165, 1.54) is 0 Å². The van der Waals surface area contributed by atoms with E-state index in [0.29, 0.717) is 37.8 Å². The van der Waals surface area contributed by atoms with Gasteiger partial charge in [0.2, 0.25) is 5.91 Å². The van der Waals surface area contributed by atoms with Crippen LogP contribution in [0.5, 0.6) is 0 Å². The molecule has 4 heterocycles. The number of amides is 1. The van der Waals surface area contributed by atoms with E-state index < -0.39 is 33.9 Å². The minimum absolute atomic E-state index is 0.0831. The van der Waals surface area contributed by atoms with Crippen LogP contribution in [0.4, 0.5) is 13.2 Å². The highest BCUT2D eigenvalue weighted by atomic mass is 35.5. The molecular formula is C22H35ClF3N5O3S. The third-order valence-electron chi connectivity index (χ3n) is 8.57. The van der Waals surface area contributed by atoms with Gasteiger partial charge in [0.1, 0.15) is 6.04 Å². The molecule has 3 N–H and O–H groups in total. The number of nitrogens with zero attached hydrogens (tertiary/aromatic N) is 2. The number of sulfone groups is 1. The number of hydrogen-bond donors (Lipinski definition) is 3. The molecule has 4 saturated heterocycles. The molecule has 0 radical (unpaired) electrons. The summed E-state index contributed by atoms with van der Waals surface area (Å²) in [5.41, 5.74) is 3.29. The third kappa shape index (κ3) is 5.62. The number of carbonyl (C=O) groups is 1. The van der Waals surface area contributed by atoms with E-state index in [4.69, 9.17) is 11.6 Å². The number of alkyl halides is 4. The lowest BCUT2D eigenvalue weighted by Gasteiger charge is -2.53. The van der Waals surface area contributed by atoms with Gasteiger partial charge in [-0.1, -0.05) is 0 Å². The smallest absolute Gasteiger partial charge is 0.344 e. The molecule has 5 aliphatic rings.